The fourth-order valence-corrected chi connectivity index (χ4v) is 4.33. The Morgan fingerprint density at radius 1 is 1.23 bits per heavy atom. The Labute approximate surface area is 174 Å². The van der Waals surface area contributed by atoms with Crippen molar-refractivity contribution in [3.63, 3.8) is 0 Å². The summed E-state index contributed by atoms with van der Waals surface area (Å²) in [4.78, 5) is 11.8. The Kier molecular flexibility index (Phi) is 4.45. The molecule has 1 aromatic carbocycles. The lowest BCUT2D eigenvalue weighted by atomic mass is 9.92. The first kappa shape index (κ1) is 18.7. The van der Waals surface area contributed by atoms with Gasteiger partial charge >= 0.3 is 0 Å². The molecular weight excluding hydrogens is 380 g/mol. The first-order valence-corrected chi connectivity index (χ1v) is 10.4. The van der Waals surface area contributed by atoms with E-state index in [-0.39, 0.29) is 5.92 Å². The quantitative estimate of drug-likeness (QED) is 0.556. The molecule has 156 valence electrons. The molecule has 0 unspecified atom stereocenters. The number of hydrogen-bond donors (Lipinski definition) is 1. The van der Waals surface area contributed by atoms with Crippen LogP contribution < -0.4 is 15.4 Å². The molecule has 1 fully saturated rings. The largest absolute Gasteiger partial charge is 0.494 e. The molecule has 2 atom stereocenters. The van der Waals surface area contributed by atoms with E-state index in [0.717, 1.165) is 48.5 Å². The van der Waals surface area contributed by atoms with Gasteiger partial charge in [0.25, 0.3) is 0 Å². The van der Waals surface area contributed by atoms with Gasteiger partial charge in [-0.2, -0.15) is 9.61 Å². The third-order valence-electron chi connectivity index (χ3n) is 6.05. The molecule has 0 spiro atoms. The number of nitrogen functional groups attached to an aromatic ring is 1. The van der Waals surface area contributed by atoms with E-state index < -0.39 is 0 Å². The van der Waals surface area contributed by atoms with Crippen LogP contribution in [0.4, 0.5) is 11.6 Å². The molecule has 0 aliphatic carbocycles. The molecule has 0 radical (unpaired) electrons. The van der Waals surface area contributed by atoms with Gasteiger partial charge in [-0.05, 0) is 38.8 Å². The van der Waals surface area contributed by atoms with Crippen LogP contribution in [-0.2, 0) is 6.54 Å². The Bertz CT molecular complexity index is 1210. The number of benzene rings is 1. The minimum absolute atomic E-state index is 0.214. The van der Waals surface area contributed by atoms with Gasteiger partial charge in [-0.3, -0.25) is 4.68 Å². The highest BCUT2D eigenvalue weighted by molar-refractivity contribution is 5.95. The molecular formula is C21H26N8O. The summed E-state index contributed by atoms with van der Waals surface area (Å²) in [5.41, 5.74) is 8.79. The number of rotatable bonds is 4. The van der Waals surface area contributed by atoms with Crippen molar-refractivity contribution >= 4 is 28.2 Å². The van der Waals surface area contributed by atoms with Crippen molar-refractivity contribution < 1.29 is 4.74 Å². The summed E-state index contributed by atoms with van der Waals surface area (Å²) < 4.78 is 9.06. The van der Waals surface area contributed by atoms with E-state index in [1.54, 1.807) is 11.6 Å². The summed E-state index contributed by atoms with van der Waals surface area (Å²) in [6.45, 7) is 6.07. The molecule has 30 heavy (non-hydrogen) atoms. The van der Waals surface area contributed by atoms with Gasteiger partial charge < -0.3 is 15.4 Å². The van der Waals surface area contributed by atoms with Crippen molar-refractivity contribution in [3.8, 4) is 5.75 Å². The van der Waals surface area contributed by atoms with Gasteiger partial charge in [0.2, 0.25) is 5.95 Å². The maximum atomic E-state index is 6.22. The molecule has 5 rings (SSSR count). The summed E-state index contributed by atoms with van der Waals surface area (Å²) >= 11 is 0. The molecule has 0 amide bonds. The standard InChI is InChI=1S/C21H26N8O/c1-4-27-12-15(10-23-27)28-11-14(9-8-13(28)2)19-25-20-16-6-5-7-17(30-3)18(16)24-21(22)29(20)26-19/h5-7,10,12-14H,4,8-9,11H2,1-3H3,(H2,22,24)/t13-,14+/m0/s1. The average Bonchev–Trinajstić information content (AvgIpc) is 3.42. The predicted octanol–water partition coefficient (Wildman–Crippen LogP) is 2.86. The smallest absolute Gasteiger partial charge is 0.223 e. The average molecular weight is 406 g/mol. The predicted molar refractivity (Wildman–Crippen MR) is 116 cm³/mol. The van der Waals surface area contributed by atoms with Crippen LogP contribution in [-0.4, -0.2) is 49.1 Å². The minimum atomic E-state index is 0.214. The zero-order chi connectivity index (χ0) is 20.8. The maximum absolute atomic E-state index is 6.22. The second-order valence-electron chi connectivity index (χ2n) is 7.86. The van der Waals surface area contributed by atoms with E-state index in [2.05, 4.69) is 35.0 Å². The van der Waals surface area contributed by atoms with Crippen LogP contribution in [0.15, 0.2) is 30.6 Å². The Balaban J connectivity index is 1.54. The zero-order valence-corrected chi connectivity index (χ0v) is 17.5. The number of nitrogens with two attached hydrogens (primary N) is 1. The van der Waals surface area contributed by atoms with E-state index in [9.17, 15) is 0 Å². The molecule has 9 heteroatoms. The summed E-state index contributed by atoms with van der Waals surface area (Å²) in [5, 5.41) is 10.1. The van der Waals surface area contributed by atoms with Gasteiger partial charge in [0.15, 0.2) is 11.5 Å². The molecule has 0 bridgehead atoms. The van der Waals surface area contributed by atoms with Gasteiger partial charge in [0.05, 0.1) is 19.0 Å². The van der Waals surface area contributed by atoms with Crippen LogP contribution in [0.1, 0.15) is 38.4 Å². The topological polar surface area (TPSA) is 99.4 Å². The van der Waals surface area contributed by atoms with Crippen LogP contribution in [0.5, 0.6) is 5.75 Å². The van der Waals surface area contributed by atoms with Crippen molar-refractivity contribution in [2.75, 3.05) is 24.3 Å². The molecule has 0 saturated carbocycles. The van der Waals surface area contributed by atoms with Gasteiger partial charge in [-0.15, -0.1) is 5.10 Å². The Morgan fingerprint density at radius 2 is 2.10 bits per heavy atom. The molecule has 4 aromatic rings. The van der Waals surface area contributed by atoms with Crippen molar-refractivity contribution in [2.24, 2.45) is 0 Å². The number of fused-ring (bicyclic) bond motifs is 3. The van der Waals surface area contributed by atoms with E-state index in [1.807, 2.05) is 29.1 Å². The van der Waals surface area contributed by atoms with Crippen molar-refractivity contribution in [2.45, 2.75) is 45.2 Å². The van der Waals surface area contributed by atoms with Crippen LogP contribution in [0.2, 0.25) is 0 Å². The number of aromatic nitrogens is 6. The molecule has 1 aliphatic heterocycles. The molecule has 2 N–H and O–H groups in total. The summed E-state index contributed by atoms with van der Waals surface area (Å²) in [6, 6.07) is 6.24. The lowest BCUT2D eigenvalue weighted by Crippen LogP contribution is -2.41. The van der Waals surface area contributed by atoms with E-state index in [1.165, 1.54) is 0 Å². The van der Waals surface area contributed by atoms with E-state index >= 15 is 0 Å². The van der Waals surface area contributed by atoms with Gasteiger partial charge in [-0.25, -0.2) is 9.97 Å². The van der Waals surface area contributed by atoms with Crippen LogP contribution in [0, 0.1) is 0 Å². The van der Waals surface area contributed by atoms with Crippen molar-refractivity contribution in [3.05, 3.63) is 36.4 Å². The lowest BCUT2D eigenvalue weighted by Gasteiger charge is -2.37. The number of methoxy groups -OCH3 is 1. The van der Waals surface area contributed by atoms with E-state index in [4.69, 9.17) is 20.6 Å². The summed E-state index contributed by atoms with van der Waals surface area (Å²) in [6.07, 6.45) is 6.16. The third-order valence-corrected chi connectivity index (χ3v) is 6.05. The van der Waals surface area contributed by atoms with Crippen LogP contribution in [0.25, 0.3) is 16.6 Å². The number of nitrogens with zero attached hydrogens (tertiary/aromatic N) is 7. The normalized spacial score (nSPS) is 19.6. The highest BCUT2D eigenvalue weighted by Gasteiger charge is 2.30. The fraction of sp³-hybridized carbons (Fsp3) is 0.429. The number of aryl methyl sites for hydroxylation is 1. The summed E-state index contributed by atoms with van der Waals surface area (Å²) in [7, 11) is 1.63. The Morgan fingerprint density at radius 3 is 2.87 bits per heavy atom. The van der Waals surface area contributed by atoms with Crippen LogP contribution in [0.3, 0.4) is 0 Å². The highest BCUT2D eigenvalue weighted by atomic mass is 16.5. The highest BCUT2D eigenvalue weighted by Crippen LogP contribution is 2.33. The van der Waals surface area contributed by atoms with E-state index in [0.29, 0.717) is 23.3 Å². The molecule has 3 aromatic heterocycles. The number of ether oxygens (including phenoxy) is 1. The summed E-state index contributed by atoms with van der Waals surface area (Å²) in [5.74, 6) is 2.01. The molecule has 1 aliphatic rings. The number of anilines is 2. The second kappa shape index (κ2) is 7.16. The van der Waals surface area contributed by atoms with Crippen LogP contribution >= 0.6 is 0 Å². The number of hydrogen-bond acceptors (Lipinski definition) is 7. The van der Waals surface area contributed by atoms with Crippen molar-refractivity contribution in [1.82, 2.24) is 29.4 Å². The molecule has 9 nitrogen and oxygen atoms in total. The van der Waals surface area contributed by atoms with Crippen molar-refractivity contribution in [1.29, 1.82) is 0 Å². The third kappa shape index (κ3) is 2.92. The number of para-hydroxylation sites is 1. The van der Waals surface area contributed by atoms with Gasteiger partial charge in [-0.1, -0.05) is 6.07 Å². The monoisotopic (exact) mass is 406 g/mol. The molecule has 4 heterocycles. The minimum Gasteiger partial charge on any atom is -0.494 e. The zero-order valence-electron chi connectivity index (χ0n) is 17.5. The second-order valence-corrected chi connectivity index (χ2v) is 7.86. The molecule has 1 saturated heterocycles. The maximum Gasteiger partial charge on any atom is 0.223 e. The first-order valence-electron chi connectivity index (χ1n) is 10.4. The van der Waals surface area contributed by atoms with Gasteiger partial charge in [0, 0.05) is 36.6 Å². The Hall–Kier alpha value is -3.36. The fourth-order valence-electron chi connectivity index (χ4n) is 4.33. The number of piperidine rings is 1. The van der Waals surface area contributed by atoms with Gasteiger partial charge in [0.1, 0.15) is 11.3 Å². The first-order chi connectivity index (χ1) is 14.6. The lowest BCUT2D eigenvalue weighted by molar-refractivity contribution is 0.419. The SMILES string of the molecule is CCn1cc(N2C[C@H](c3nc4c5cccc(OC)c5nc(N)n4n3)CC[C@@H]2C)cn1.